The minimum Gasteiger partial charge on any atom is -0.398 e. The summed E-state index contributed by atoms with van der Waals surface area (Å²) in [6.45, 7) is 0.132. The Labute approximate surface area is 110 Å². The van der Waals surface area contributed by atoms with Crippen LogP contribution in [0.3, 0.4) is 0 Å². The van der Waals surface area contributed by atoms with Crippen LogP contribution < -0.4 is 11.1 Å². The van der Waals surface area contributed by atoms with Crippen molar-refractivity contribution in [3.8, 4) is 0 Å². The van der Waals surface area contributed by atoms with Crippen LogP contribution in [0.2, 0.25) is 0 Å². The number of thiophene rings is 1. The first kappa shape index (κ1) is 13.2. The van der Waals surface area contributed by atoms with Gasteiger partial charge in [-0.25, -0.2) is 8.78 Å². The van der Waals surface area contributed by atoms with Crippen molar-refractivity contribution >= 4 is 28.4 Å². The van der Waals surface area contributed by atoms with Crippen molar-refractivity contribution in [2.45, 2.75) is 6.54 Å². The van der Waals surface area contributed by atoms with Gasteiger partial charge in [0.15, 0.2) is 5.82 Å². The summed E-state index contributed by atoms with van der Waals surface area (Å²) in [5.41, 5.74) is 5.17. The van der Waals surface area contributed by atoms with E-state index in [1.54, 1.807) is 11.4 Å². The third-order valence-corrected chi connectivity index (χ3v) is 3.37. The first-order valence-corrected chi connectivity index (χ1v) is 6.06. The van der Waals surface area contributed by atoms with Gasteiger partial charge in [-0.2, -0.15) is 0 Å². The number of nitrogens with one attached hydrogen (secondary N) is 1. The fraction of sp³-hybridized carbons (Fsp3) is 0.0909. The zero-order chi connectivity index (χ0) is 14.0. The second kappa shape index (κ2) is 5.19. The van der Waals surface area contributed by atoms with E-state index in [1.807, 2.05) is 0 Å². The maximum atomic E-state index is 13.6. The molecule has 0 fully saturated rings. The van der Waals surface area contributed by atoms with Gasteiger partial charge < -0.3 is 11.1 Å². The van der Waals surface area contributed by atoms with Crippen LogP contribution in [0.15, 0.2) is 23.6 Å². The first-order chi connectivity index (χ1) is 8.99. The van der Waals surface area contributed by atoms with Crippen LogP contribution >= 0.6 is 11.3 Å². The Morgan fingerprint density at radius 1 is 1.42 bits per heavy atom. The van der Waals surface area contributed by atoms with Gasteiger partial charge in [0.2, 0.25) is 0 Å². The molecule has 8 heteroatoms. The van der Waals surface area contributed by atoms with Crippen LogP contribution in [0.25, 0.3) is 0 Å². The molecule has 0 amide bonds. The van der Waals surface area contributed by atoms with Crippen molar-refractivity contribution < 1.29 is 13.7 Å². The molecule has 2 aromatic rings. The van der Waals surface area contributed by atoms with Crippen LogP contribution in [0.4, 0.5) is 25.8 Å². The molecule has 5 nitrogen and oxygen atoms in total. The summed E-state index contributed by atoms with van der Waals surface area (Å²) in [5, 5.41) is 15.1. The van der Waals surface area contributed by atoms with Gasteiger partial charge in [0, 0.05) is 16.6 Å². The number of nitrogens with two attached hydrogens (primary N) is 1. The van der Waals surface area contributed by atoms with E-state index in [9.17, 15) is 18.9 Å². The number of rotatable bonds is 4. The van der Waals surface area contributed by atoms with Gasteiger partial charge in [-0.15, -0.1) is 11.3 Å². The topological polar surface area (TPSA) is 81.2 Å². The van der Waals surface area contributed by atoms with E-state index < -0.39 is 22.2 Å². The summed E-state index contributed by atoms with van der Waals surface area (Å²) >= 11 is 1.34. The van der Waals surface area contributed by atoms with E-state index in [0.29, 0.717) is 17.8 Å². The molecule has 0 unspecified atom stereocenters. The SMILES string of the molecule is Nc1ccsc1CNc1c(F)cc(F)cc1[N+](=O)[O-]. The normalized spacial score (nSPS) is 10.4. The molecule has 0 aliphatic heterocycles. The second-order valence-corrected chi connectivity index (χ2v) is 4.69. The number of nitrogens with zero attached hydrogens (tertiary/aromatic N) is 1. The molecule has 0 atom stereocenters. The Hall–Kier alpha value is -2.22. The molecule has 2 rings (SSSR count). The van der Waals surface area contributed by atoms with E-state index in [0.717, 1.165) is 4.88 Å². The Morgan fingerprint density at radius 2 is 2.16 bits per heavy atom. The molecule has 100 valence electrons. The first-order valence-electron chi connectivity index (χ1n) is 5.18. The van der Waals surface area contributed by atoms with Crippen molar-refractivity contribution in [3.05, 3.63) is 50.2 Å². The van der Waals surface area contributed by atoms with Gasteiger partial charge in [-0.05, 0) is 11.4 Å². The largest absolute Gasteiger partial charge is 0.398 e. The highest BCUT2D eigenvalue weighted by atomic mass is 32.1. The Bertz CT molecular complexity index is 630. The molecule has 0 saturated carbocycles. The summed E-state index contributed by atoms with van der Waals surface area (Å²) in [5.74, 6) is -2.01. The van der Waals surface area contributed by atoms with Crippen LogP contribution in [0.1, 0.15) is 4.88 Å². The predicted octanol–water partition coefficient (Wildman–Crippen LogP) is 3.13. The van der Waals surface area contributed by atoms with Gasteiger partial charge in [0.25, 0.3) is 5.69 Å². The zero-order valence-corrected chi connectivity index (χ0v) is 10.3. The number of nitro benzene ring substituents is 1. The van der Waals surface area contributed by atoms with E-state index in [2.05, 4.69) is 5.32 Å². The van der Waals surface area contributed by atoms with Crippen LogP contribution in [0.5, 0.6) is 0 Å². The van der Waals surface area contributed by atoms with Gasteiger partial charge in [0.05, 0.1) is 17.5 Å². The van der Waals surface area contributed by atoms with Gasteiger partial charge >= 0.3 is 0 Å². The summed E-state index contributed by atoms with van der Waals surface area (Å²) in [6.07, 6.45) is 0. The van der Waals surface area contributed by atoms with E-state index in [-0.39, 0.29) is 12.2 Å². The molecule has 3 N–H and O–H groups in total. The lowest BCUT2D eigenvalue weighted by Gasteiger charge is -2.08. The summed E-state index contributed by atoms with van der Waals surface area (Å²) in [7, 11) is 0. The lowest BCUT2D eigenvalue weighted by atomic mass is 10.2. The molecule has 1 aromatic carbocycles. The summed E-state index contributed by atoms with van der Waals surface area (Å²) < 4.78 is 26.5. The monoisotopic (exact) mass is 285 g/mol. The molecule has 0 aliphatic carbocycles. The van der Waals surface area contributed by atoms with E-state index in [4.69, 9.17) is 5.73 Å². The van der Waals surface area contributed by atoms with Crippen molar-refractivity contribution in [2.24, 2.45) is 0 Å². The molecular formula is C11H9F2N3O2S. The number of hydrogen-bond acceptors (Lipinski definition) is 5. The van der Waals surface area contributed by atoms with Crippen molar-refractivity contribution in [3.63, 3.8) is 0 Å². The number of hydrogen-bond donors (Lipinski definition) is 2. The average Bonchev–Trinajstić information content (AvgIpc) is 2.73. The fourth-order valence-corrected chi connectivity index (χ4v) is 2.28. The summed E-state index contributed by atoms with van der Waals surface area (Å²) in [6, 6.07) is 2.94. The maximum absolute atomic E-state index is 13.6. The second-order valence-electron chi connectivity index (χ2n) is 3.69. The van der Waals surface area contributed by atoms with Crippen LogP contribution in [-0.4, -0.2) is 4.92 Å². The number of anilines is 2. The average molecular weight is 285 g/mol. The van der Waals surface area contributed by atoms with Crippen molar-refractivity contribution in [1.29, 1.82) is 0 Å². The quantitative estimate of drug-likeness (QED) is 0.668. The summed E-state index contributed by atoms with van der Waals surface area (Å²) in [4.78, 5) is 10.6. The zero-order valence-electron chi connectivity index (χ0n) is 9.52. The molecule has 0 radical (unpaired) electrons. The van der Waals surface area contributed by atoms with Gasteiger partial charge in [-0.1, -0.05) is 0 Å². The van der Waals surface area contributed by atoms with E-state index in [1.165, 1.54) is 11.3 Å². The lowest BCUT2D eigenvalue weighted by Crippen LogP contribution is -2.05. The minimum absolute atomic E-state index is 0.132. The molecular weight excluding hydrogens is 276 g/mol. The Kier molecular flexibility index (Phi) is 3.61. The molecule has 0 spiro atoms. The molecule has 0 bridgehead atoms. The Balaban J connectivity index is 2.29. The number of nitro groups is 1. The fourth-order valence-electron chi connectivity index (χ4n) is 1.54. The molecule has 0 saturated heterocycles. The molecule has 0 aliphatic rings. The minimum atomic E-state index is -1.01. The molecule has 1 aromatic heterocycles. The predicted molar refractivity (Wildman–Crippen MR) is 69.1 cm³/mol. The van der Waals surface area contributed by atoms with E-state index >= 15 is 0 Å². The number of halogens is 2. The van der Waals surface area contributed by atoms with Crippen molar-refractivity contribution in [2.75, 3.05) is 11.1 Å². The maximum Gasteiger partial charge on any atom is 0.298 e. The molecule has 19 heavy (non-hydrogen) atoms. The highest BCUT2D eigenvalue weighted by molar-refractivity contribution is 7.10. The van der Waals surface area contributed by atoms with Crippen molar-refractivity contribution in [1.82, 2.24) is 0 Å². The van der Waals surface area contributed by atoms with Gasteiger partial charge in [-0.3, -0.25) is 10.1 Å². The standard InChI is InChI=1S/C11H9F2N3O2S/c12-6-3-7(13)11(9(4-6)16(17)18)15-5-10-8(14)1-2-19-10/h1-4,15H,5,14H2. The Morgan fingerprint density at radius 3 is 2.74 bits per heavy atom. The number of benzene rings is 1. The highest BCUT2D eigenvalue weighted by Gasteiger charge is 2.20. The smallest absolute Gasteiger partial charge is 0.298 e. The third-order valence-electron chi connectivity index (χ3n) is 2.44. The molecule has 1 heterocycles. The van der Waals surface area contributed by atoms with Crippen LogP contribution in [0, 0.1) is 21.7 Å². The lowest BCUT2D eigenvalue weighted by molar-refractivity contribution is -0.384. The number of nitrogen functional groups attached to an aromatic ring is 1. The van der Waals surface area contributed by atoms with Crippen LogP contribution in [-0.2, 0) is 6.54 Å². The highest BCUT2D eigenvalue weighted by Crippen LogP contribution is 2.30. The third kappa shape index (κ3) is 2.79. The van der Waals surface area contributed by atoms with Gasteiger partial charge in [0.1, 0.15) is 11.5 Å².